The van der Waals surface area contributed by atoms with E-state index >= 15 is 0 Å². The van der Waals surface area contributed by atoms with Gasteiger partial charge in [-0.2, -0.15) is 5.26 Å². The molecule has 0 saturated carbocycles. The first kappa shape index (κ1) is 38.2. The van der Waals surface area contributed by atoms with Crippen molar-refractivity contribution in [3.63, 3.8) is 0 Å². The van der Waals surface area contributed by atoms with Gasteiger partial charge in [-0.15, -0.1) is 0 Å². The van der Waals surface area contributed by atoms with Crippen molar-refractivity contribution in [2.24, 2.45) is 0 Å². The van der Waals surface area contributed by atoms with E-state index in [1.807, 2.05) is 0 Å². The first-order valence-corrected chi connectivity index (χ1v) is 14.5. The highest BCUT2D eigenvalue weighted by Crippen LogP contribution is 2.46. The third-order valence-electron chi connectivity index (χ3n) is 4.69. The Kier molecular flexibility index (Phi) is 36.7. The van der Waals surface area contributed by atoms with Crippen molar-refractivity contribution >= 4 is 8.53 Å². The Morgan fingerprint density at radius 2 is 1.09 bits per heavy atom. The summed E-state index contributed by atoms with van der Waals surface area (Å²) in [6.45, 7) is 15.1. The second kappa shape index (κ2) is 32.7. The molecule has 0 bridgehead atoms. The number of rotatable bonds is 20. The quantitative estimate of drug-likeness (QED) is 0.126. The van der Waals surface area contributed by atoms with Crippen LogP contribution in [0.15, 0.2) is 0 Å². The number of nitriles is 1. The molecule has 0 aliphatic heterocycles. The van der Waals surface area contributed by atoms with Crippen LogP contribution in [0.25, 0.3) is 0 Å². The van der Waals surface area contributed by atoms with Crippen LogP contribution >= 0.6 is 8.53 Å². The van der Waals surface area contributed by atoms with Crippen molar-refractivity contribution in [2.45, 2.75) is 131 Å². The van der Waals surface area contributed by atoms with Gasteiger partial charge < -0.3 is 24.4 Å². The zero-order valence-corrected chi connectivity index (χ0v) is 24.1. The summed E-state index contributed by atoms with van der Waals surface area (Å²) in [6.07, 6.45) is 12.5. The number of aliphatic hydroxyl groups is 3. The molecule has 0 spiro atoms. The number of aliphatic hydroxyl groups excluding tert-OH is 3. The van der Waals surface area contributed by atoms with Gasteiger partial charge in [0.2, 0.25) is 0 Å². The fourth-order valence-electron chi connectivity index (χ4n) is 2.92. The topological polar surface area (TPSA) is 106 Å². The Labute approximate surface area is 212 Å². The molecule has 0 aromatic heterocycles. The van der Waals surface area contributed by atoms with E-state index < -0.39 is 8.53 Å². The Balaban J connectivity index is -0.000000558. The Hall–Kier alpha value is -0.320. The average Bonchev–Trinajstić information content (AvgIpc) is 2.80. The summed E-state index contributed by atoms with van der Waals surface area (Å²) in [7, 11) is -1.05. The highest BCUT2D eigenvalue weighted by molar-refractivity contribution is 7.44. The predicted octanol–water partition coefficient (Wildman–Crippen LogP) is 6.56. The molecule has 0 aromatic carbocycles. The summed E-state index contributed by atoms with van der Waals surface area (Å²) >= 11 is 0. The summed E-state index contributed by atoms with van der Waals surface area (Å²) in [6, 6.07) is 2.86. The SMILES string of the molecule is CCCCCCO.CCCCCCOP(OCCC#N)N(C(C)C)C(C)C.OCCCCCO. The summed E-state index contributed by atoms with van der Waals surface area (Å²) in [5.74, 6) is 0. The standard InChI is InChI=1S/C15H31N2O2P.C6H14O.C5H12O2/c1-6-7-8-9-12-18-20(19-13-10-11-16)17(14(2)3)15(4)5;1-2-3-4-5-6-7;6-4-2-1-3-5-7/h14-15H,6-10,12-13H2,1-5H3;7H,2-6H2,1H3;6-7H,1-5H2. The van der Waals surface area contributed by atoms with Gasteiger partial charge in [-0.25, -0.2) is 4.67 Å². The lowest BCUT2D eigenvalue weighted by atomic mass is 10.2. The zero-order chi connectivity index (χ0) is 26.5. The third-order valence-corrected chi connectivity index (χ3v) is 6.80. The fourth-order valence-corrected chi connectivity index (χ4v) is 4.55. The lowest BCUT2D eigenvalue weighted by Crippen LogP contribution is -2.33. The molecule has 7 nitrogen and oxygen atoms in total. The van der Waals surface area contributed by atoms with Crippen LogP contribution in [0.5, 0.6) is 0 Å². The van der Waals surface area contributed by atoms with Crippen molar-refractivity contribution in [1.29, 1.82) is 5.26 Å². The summed E-state index contributed by atoms with van der Waals surface area (Å²) in [4.78, 5) is 0. The molecule has 3 N–H and O–H groups in total. The van der Waals surface area contributed by atoms with E-state index in [4.69, 9.17) is 29.6 Å². The Bertz CT molecular complexity index is 383. The van der Waals surface area contributed by atoms with Gasteiger partial charge in [-0.1, -0.05) is 52.4 Å². The summed E-state index contributed by atoms with van der Waals surface area (Å²) < 4.78 is 14.1. The minimum atomic E-state index is -1.05. The lowest BCUT2D eigenvalue weighted by molar-refractivity contribution is 0.174. The number of nitrogens with zero attached hydrogens (tertiary/aromatic N) is 2. The van der Waals surface area contributed by atoms with E-state index in [9.17, 15) is 0 Å². The zero-order valence-electron chi connectivity index (χ0n) is 23.2. The minimum absolute atomic E-state index is 0.250. The van der Waals surface area contributed by atoms with Gasteiger partial charge in [-0.3, -0.25) is 0 Å². The van der Waals surface area contributed by atoms with Crippen molar-refractivity contribution < 1.29 is 24.4 Å². The molecule has 206 valence electrons. The number of hydrogen-bond acceptors (Lipinski definition) is 7. The molecule has 0 saturated heterocycles. The molecule has 1 unspecified atom stereocenters. The molecule has 0 rings (SSSR count). The van der Waals surface area contributed by atoms with Gasteiger partial charge >= 0.3 is 0 Å². The van der Waals surface area contributed by atoms with E-state index in [1.165, 1.54) is 38.5 Å². The second-order valence-electron chi connectivity index (χ2n) is 8.73. The normalized spacial score (nSPS) is 11.6. The lowest BCUT2D eigenvalue weighted by Gasteiger charge is -2.35. The van der Waals surface area contributed by atoms with Crippen LogP contribution < -0.4 is 0 Å². The maximum Gasteiger partial charge on any atom is 0.259 e. The van der Waals surface area contributed by atoms with E-state index in [0.717, 1.165) is 38.7 Å². The maximum atomic E-state index is 8.63. The van der Waals surface area contributed by atoms with Gasteiger partial charge in [0.05, 0.1) is 25.7 Å². The van der Waals surface area contributed by atoms with Crippen LogP contribution in [0, 0.1) is 11.3 Å². The van der Waals surface area contributed by atoms with E-state index in [-0.39, 0.29) is 13.2 Å². The average molecular weight is 509 g/mol. The van der Waals surface area contributed by atoms with Gasteiger partial charge in [0.15, 0.2) is 0 Å². The highest BCUT2D eigenvalue weighted by atomic mass is 31.2. The molecule has 0 amide bonds. The predicted molar refractivity (Wildman–Crippen MR) is 145 cm³/mol. The molecule has 0 aliphatic rings. The summed E-state index contributed by atoms with van der Waals surface area (Å²) in [5.41, 5.74) is 0. The van der Waals surface area contributed by atoms with E-state index in [2.05, 4.69) is 52.3 Å². The van der Waals surface area contributed by atoms with E-state index in [1.54, 1.807) is 0 Å². The maximum absolute atomic E-state index is 8.63. The molecule has 0 heterocycles. The van der Waals surface area contributed by atoms with Crippen LogP contribution in [0.3, 0.4) is 0 Å². The third kappa shape index (κ3) is 29.7. The molecule has 1 atom stereocenters. The van der Waals surface area contributed by atoms with Crippen LogP contribution in [0.1, 0.15) is 119 Å². The van der Waals surface area contributed by atoms with Crippen LogP contribution in [0.4, 0.5) is 0 Å². The fraction of sp³-hybridized carbons (Fsp3) is 0.962. The molecule has 0 radical (unpaired) electrons. The first-order chi connectivity index (χ1) is 16.4. The van der Waals surface area contributed by atoms with Gasteiger partial charge in [0.1, 0.15) is 0 Å². The molecule has 0 fully saturated rings. The monoisotopic (exact) mass is 508 g/mol. The number of unbranched alkanes of at least 4 members (excludes halogenated alkanes) is 8. The van der Waals surface area contributed by atoms with E-state index in [0.29, 0.717) is 31.7 Å². The molecular formula is C26H57N2O5P. The van der Waals surface area contributed by atoms with Crippen LogP contribution in [-0.2, 0) is 9.05 Å². The van der Waals surface area contributed by atoms with Crippen molar-refractivity contribution in [3.05, 3.63) is 0 Å². The largest absolute Gasteiger partial charge is 0.396 e. The smallest absolute Gasteiger partial charge is 0.259 e. The second-order valence-corrected chi connectivity index (χ2v) is 10.2. The molecule has 0 aliphatic carbocycles. The van der Waals surface area contributed by atoms with Gasteiger partial charge in [0.25, 0.3) is 8.53 Å². The first-order valence-electron chi connectivity index (χ1n) is 13.4. The van der Waals surface area contributed by atoms with Gasteiger partial charge in [0, 0.05) is 31.9 Å². The highest BCUT2D eigenvalue weighted by Gasteiger charge is 2.26. The Morgan fingerprint density at radius 3 is 1.47 bits per heavy atom. The minimum Gasteiger partial charge on any atom is -0.396 e. The molecule has 0 aromatic rings. The van der Waals surface area contributed by atoms with Gasteiger partial charge in [-0.05, 0) is 59.8 Å². The van der Waals surface area contributed by atoms with Crippen LogP contribution in [0.2, 0.25) is 0 Å². The van der Waals surface area contributed by atoms with Crippen LogP contribution in [-0.4, -0.2) is 65.1 Å². The molecule has 34 heavy (non-hydrogen) atoms. The van der Waals surface area contributed by atoms with Crippen molar-refractivity contribution in [1.82, 2.24) is 4.67 Å². The van der Waals surface area contributed by atoms with Crippen molar-refractivity contribution in [2.75, 3.05) is 33.0 Å². The summed E-state index contributed by atoms with van der Waals surface area (Å²) in [5, 5.41) is 33.3. The molecule has 8 heteroatoms. The van der Waals surface area contributed by atoms with Crippen molar-refractivity contribution in [3.8, 4) is 6.07 Å². The number of hydrogen-bond donors (Lipinski definition) is 3. The molecular weight excluding hydrogens is 451 g/mol. The Morgan fingerprint density at radius 1 is 0.676 bits per heavy atom.